The molecule has 0 aliphatic carbocycles. The Labute approximate surface area is 158 Å². The fraction of sp³-hybridized carbons (Fsp3) is 0.316. The summed E-state index contributed by atoms with van der Waals surface area (Å²) < 4.78 is 44.1. The molecule has 1 N–H and O–H groups in total. The van der Waals surface area contributed by atoms with Crippen LogP contribution in [0.2, 0.25) is 0 Å². The molecule has 0 unspecified atom stereocenters. The van der Waals surface area contributed by atoms with Crippen LogP contribution in [0.15, 0.2) is 42.5 Å². The molecule has 1 aliphatic rings. The van der Waals surface area contributed by atoms with Gasteiger partial charge in [-0.2, -0.15) is 0 Å². The molecular formula is C19H21FN2O4S. The lowest BCUT2D eigenvalue weighted by molar-refractivity contribution is -0.127. The van der Waals surface area contributed by atoms with Gasteiger partial charge in [0, 0.05) is 6.54 Å². The maximum atomic E-state index is 12.9. The third-order valence-electron chi connectivity index (χ3n) is 4.30. The summed E-state index contributed by atoms with van der Waals surface area (Å²) in [5, 5.41) is 2.75. The highest BCUT2D eigenvalue weighted by atomic mass is 32.2. The Kier molecular flexibility index (Phi) is 5.36. The number of fused-ring (bicyclic) bond motifs is 1. The molecule has 8 heteroatoms. The van der Waals surface area contributed by atoms with Gasteiger partial charge in [0.1, 0.15) is 11.6 Å². The van der Waals surface area contributed by atoms with Gasteiger partial charge in [-0.25, -0.2) is 12.8 Å². The number of rotatable bonds is 5. The number of sulfonamides is 1. The van der Waals surface area contributed by atoms with Crippen LogP contribution in [0.1, 0.15) is 11.1 Å². The first-order valence-corrected chi connectivity index (χ1v) is 10.4. The quantitative estimate of drug-likeness (QED) is 0.845. The topological polar surface area (TPSA) is 75.7 Å². The van der Waals surface area contributed by atoms with Gasteiger partial charge < -0.3 is 10.1 Å². The van der Waals surface area contributed by atoms with E-state index in [1.807, 2.05) is 6.92 Å². The smallest absolute Gasteiger partial charge is 0.263 e. The highest BCUT2D eigenvalue weighted by Gasteiger charge is 2.34. The summed E-state index contributed by atoms with van der Waals surface area (Å²) in [7, 11) is -3.55. The molecule has 0 saturated heterocycles. The van der Waals surface area contributed by atoms with Crippen molar-refractivity contribution in [2.75, 3.05) is 23.7 Å². The van der Waals surface area contributed by atoms with Crippen molar-refractivity contribution in [1.29, 1.82) is 0 Å². The molecule has 0 bridgehead atoms. The van der Waals surface area contributed by atoms with Gasteiger partial charge in [-0.05, 0) is 48.7 Å². The summed E-state index contributed by atoms with van der Waals surface area (Å²) >= 11 is 0. The van der Waals surface area contributed by atoms with E-state index in [1.165, 1.54) is 16.4 Å². The number of carbonyl (C=O) groups excluding carboxylic acids is 1. The van der Waals surface area contributed by atoms with Gasteiger partial charge in [-0.15, -0.1) is 0 Å². The molecule has 2 aromatic rings. The molecule has 1 atom stereocenters. The third kappa shape index (κ3) is 4.57. The summed E-state index contributed by atoms with van der Waals surface area (Å²) in [6.07, 6.45) is 0.692. The Bertz CT molecular complexity index is 945. The van der Waals surface area contributed by atoms with Gasteiger partial charge in [0.2, 0.25) is 10.0 Å². The highest BCUT2D eigenvalue weighted by Crippen LogP contribution is 2.35. The van der Waals surface area contributed by atoms with Crippen LogP contribution in [-0.2, 0) is 21.2 Å². The number of ether oxygens (including phenoxy) is 1. The minimum Gasteiger partial charge on any atom is -0.476 e. The molecule has 3 rings (SSSR count). The summed E-state index contributed by atoms with van der Waals surface area (Å²) in [4.78, 5) is 12.5. The van der Waals surface area contributed by atoms with E-state index in [4.69, 9.17) is 4.74 Å². The van der Waals surface area contributed by atoms with Crippen LogP contribution in [0.4, 0.5) is 10.1 Å². The zero-order valence-corrected chi connectivity index (χ0v) is 15.9. The summed E-state index contributed by atoms with van der Waals surface area (Å²) in [5.74, 6) is -0.337. The molecule has 144 valence electrons. The number of benzene rings is 2. The van der Waals surface area contributed by atoms with E-state index in [-0.39, 0.29) is 12.4 Å². The Hall–Kier alpha value is -2.61. The van der Waals surface area contributed by atoms with E-state index < -0.39 is 22.0 Å². The number of anilines is 1. The lowest BCUT2D eigenvalue weighted by Crippen LogP contribution is -2.50. The van der Waals surface area contributed by atoms with E-state index in [0.717, 1.165) is 17.4 Å². The van der Waals surface area contributed by atoms with E-state index in [1.54, 1.807) is 30.3 Å². The van der Waals surface area contributed by atoms with Gasteiger partial charge in [-0.3, -0.25) is 9.10 Å². The molecule has 1 aliphatic heterocycles. The van der Waals surface area contributed by atoms with Crippen molar-refractivity contribution in [3.8, 4) is 5.75 Å². The van der Waals surface area contributed by atoms with Gasteiger partial charge >= 0.3 is 0 Å². The minimum absolute atomic E-state index is 0.0860. The molecule has 1 amide bonds. The van der Waals surface area contributed by atoms with Crippen LogP contribution >= 0.6 is 0 Å². The van der Waals surface area contributed by atoms with Gasteiger partial charge in [0.05, 0.1) is 18.5 Å². The number of amides is 1. The standard InChI is InChI=1S/C19H21FN2O4S/c1-13-3-8-16-17(11-13)26-18(12-22(16)27(2,24)25)19(23)21-10-9-14-4-6-15(20)7-5-14/h3-8,11,18H,9-10,12H2,1-2H3,(H,21,23)/t18-/m1/s1. The molecule has 0 radical (unpaired) electrons. The van der Waals surface area contributed by atoms with Crippen LogP contribution in [0.25, 0.3) is 0 Å². The van der Waals surface area contributed by atoms with E-state index in [9.17, 15) is 17.6 Å². The largest absolute Gasteiger partial charge is 0.476 e. The number of nitrogens with one attached hydrogen (secondary N) is 1. The summed E-state index contributed by atoms with van der Waals surface area (Å²) in [5.41, 5.74) is 2.22. The van der Waals surface area contributed by atoms with Crippen molar-refractivity contribution in [2.24, 2.45) is 0 Å². The molecule has 27 heavy (non-hydrogen) atoms. The number of hydrogen-bond donors (Lipinski definition) is 1. The van der Waals surface area contributed by atoms with Crippen LogP contribution in [0.5, 0.6) is 5.75 Å². The summed E-state index contributed by atoms with van der Waals surface area (Å²) in [6, 6.07) is 11.2. The number of aryl methyl sites for hydroxylation is 1. The SMILES string of the molecule is Cc1ccc2c(c1)O[C@@H](C(=O)NCCc1ccc(F)cc1)CN2S(C)(=O)=O. The molecule has 0 spiro atoms. The molecule has 0 aromatic heterocycles. The van der Waals surface area contributed by atoms with Gasteiger partial charge in [0.25, 0.3) is 5.91 Å². The Morgan fingerprint density at radius 2 is 1.96 bits per heavy atom. The first kappa shape index (κ1) is 19.2. The highest BCUT2D eigenvalue weighted by molar-refractivity contribution is 7.92. The van der Waals surface area contributed by atoms with Crippen molar-refractivity contribution in [3.63, 3.8) is 0 Å². The monoisotopic (exact) mass is 392 g/mol. The van der Waals surface area contributed by atoms with Crippen molar-refractivity contribution >= 4 is 21.6 Å². The van der Waals surface area contributed by atoms with Gasteiger partial charge in [-0.1, -0.05) is 18.2 Å². The number of carbonyl (C=O) groups is 1. The lowest BCUT2D eigenvalue weighted by atomic mass is 10.1. The average Bonchev–Trinajstić information content (AvgIpc) is 2.61. The van der Waals surface area contributed by atoms with Crippen LogP contribution in [0, 0.1) is 12.7 Å². The summed E-state index contributed by atoms with van der Waals surface area (Å²) in [6.45, 7) is 2.11. The maximum absolute atomic E-state index is 12.9. The van der Waals surface area contributed by atoms with Crippen molar-refractivity contribution in [1.82, 2.24) is 5.32 Å². The van der Waals surface area contributed by atoms with Crippen molar-refractivity contribution < 1.29 is 22.3 Å². The molecule has 0 saturated carbocycles. The average molecular weight is 392 g/mol. The van der Waals surface area contributed by atoms with Crippen molar-refractivity contribution in [3.05, 3.63) is 59.4 Å². The second kappa shape index (κ2) is 7.56. The molecule has 0 fully saturated rings. The Balaban J connectivity index is 1.69. The van der Waals surface area contributed by atoms with Crippen molar-refractivity contribution in [2.45, 2.75) is 19.4 Å². The van der Waals surface area contributed by atoms with Crippen LogP contribution in [-0.4, -0.2) is 39.8 Å². The first-order valence-electron chi connectivity index (χ1n) is 8.51. The third-order valence-corrected chi connectivity index (χ3v) is 5.45. The first-order chi connectivity index (χ1) is 12.7. The molecular weight excluding hydrogens is 371 g/mol. The fourth-order valence-corrected chi connectivity index (χ4v) is 3.82. The normalized spacial score (nSPS) is 16.4. The maximum Gasteiger partial charge on any atom is 0.263 e. The fourth-order valence-electron chi connectivity index (χ4n) is 2.91. The van der Waals surface area contributed by atoms with E-state index in [2.05, 4.69) is 5.32 Å². The number of hydrogen-bond acceptors (Lipinski definition) is 4. The molecule has 1 heterocycles. The zero-order chi connectivity index (χ0) is 19.6. The lowest BCUT2D eigenvalue weighted by Gasteiger charge is -2.34. The Morgan fingerprint density at radius 3 is 2.63 bits per heavy atom. The Morgan fingerprint density at radius 1 is 1.26 bits per heavy atom. The van der Waals surface area contributed by atoms with E-state index in [0.29, 0.717) is 24.4 Å². The van der Waals surface area contributed by atoms with Crippen LogP contribution < -0.4 is 14.4 Å². The van der Waals surface area contributed by atoms with E-state index >= 15 is 0 Å². The number of nitrogens with zero attached hydrogens (tertiary/aromatic N) is 1. The molecule has 2 aromatic carbocycles. The second-order valence-corrected chi connectivity index (χ2v) is 8.45. The second-order valence-electron chi connectivity index (χ2n) is 6.54. The van der Waals surface area contributed by atoms with Gasteiger partial charge in [0.15, 0.2) is 6.10 Å². The molecule has 6 nitrogen and oxygen atoms in total. The predicted octanol–water partition coefficient (Wildman–Crippen LogP) is 2.02. The van der Waals surface area contributed by atoms with Crippen LogP contribution in [0.3, 0.4) is 0 Å². The zero-order valence-electron chi connectivity index (χ0n) is 15.1. The predicted molar refractivity (Wildman–Crippen MR) is 101 cm³/mol. The number of halogens is 1. The minimum atomic E-state index is -3.55.